The number of ether oxygens (including phenoxy) is 1. The number of alkyl halides is 5. The van der Waals surface area contributed by atoms with E-state index in [0.29, 0.717) is 4.68 Å². The molecule has 2 aromatic rings. The third-order valence-corrected chi connectivity index (χ3v) is 4.28. The predicted octanol–water partition coefficient (Wildman–Crippen LogP) is 4.63. The lowest BCUT2D eigenvalue weighted by Crippen LogP contribution is -2.41. The summed E-state index contributed by atoms with van der Waals surface area (Å²) in [5.41, 5.74) is -0.617. The molecule has 0 aliphatic heterocycles. The van der Waals surface area contributed by atoms with E-state index in [2.05, 4.69) is 20.7 Å². The monoisotopic (exact) mass is 497 g/mol. The van der Waals surface area contributed by atoms with E-state index in [-0.39, 0.29) is 22.0 Å². The largest absolute Gasteiger partial charge is 0.444 e. The molecule has 14 heteroatoms. The number of carbonyl (C=O) groups excluding carboxylic acids is 2. The molecule has 182 valence electrons. The SMILES string of the molecule is CC(C)(C)OC(=O)NC(CNC(=O)CC(F)(F)F)c1ccc(Cl)c(-c2ncnn2C(F)F)c1. The molecule has 1 aromatic carbocycles. The van der Waals surface area contributed by atoms with Crippen molar-refractivity contribution < 1.29 is 36.3 Å². The predicted molar refractivity (Wildman–Crippen MR) is 108 cm³/mol. The number of nitrogens with zero attached hydrogens (tertiary/aromatic N) is 3. The van der Waals surface area contributed by atoms with Gasteiger partial charge in [-0.05, 0) is 38.5 Å². The molecule has 0 saturated carbocycles. The maximum absolute atomic E-state index is 13.2. The molecule has 1 unspecified atom stereocenters. The van der Waals surface area contributed by atoms with Crippen LogP contribution in [0.25, 0.3) is 11.4 Å². The first-order valence-corrected chi connectivity index (χ1v) is 9.84. The van der Waals surface area contributed by atoms with Gasteiger partial charge in [-0.1, -0.05) is 17.7 Å². The summed E-state index contributed by atoms with van der Waals surface area (Å²) in [6, 6.07) is 2.96. The molecule has 0 spiro atoms. The summed E-state index contributed by atoms with van der Waals surface area (Å²) < 4.78 is 69.3. The van der Waals surface area contributed by atoms with E-state index in [9.17, 15) is 31.5 Å². The van der Waals surface area contributed by atoms with Crippen LogP contribution in [-0.4, -0.2) is 45.1 Å². The van der Waals surface area contributed by atoms with E-state index in [4.69, 9.17) is 16.3 Å². The quantitative estimate of drug-likeness (QED) is 0.544. The van der Waals surface area contributed by atoms with Crippen molar-refractivity contribution in [1.29, 1.82) is 0 Å². The standard InChI is InChI=1S/C19H21ClF5N5O3/c1-18(2,3)33-17(32)29-13(8-26-14(31)7-19(23,24)25)10-4-5-12(20)11(6-10)15-27-9-28-30(15)16(21)22/h4-6,9,13,16H,7-8H2,1-3H3,(H,26,31)(H,29,32). The number of aromatic nitrogens is 3. The smallest absolute Gasteiger partial charge is 0.408 e. The number of carbonyl (C=O) groups is 2. The molecule has 0 radical (unpaired) electrons. The van der Waals surface area contributed by atoms with E-state index >= 15 is 0 Å². The Balaban J connectivity index is 2.36. The van der Waals surface area contributed by atoms with Gasteiger partial charge in [0, 0.05) is 12.1 Å². The van der Waals surface area contributed by atoms with Crippen molar-refractivity contribution in [2.45, 2.75) is 51.6 Å². The molecule has 1 atom stereocenters. The molecule has 2 rings (SSSR count). The van der Waals surface area contributed by atoms with Gasteiger partial charge >= 0.3 is 18.8 Å². The molecule has 0 fully saturated rings. The van der Waals surface area contributed by atoms with Gasteiger partial charge in [-0.3, -0.25) is 4.79 Å². The summed E-state index contributed by atoms with van der Waals surface area (Å²) in [5.74, 6) is -1.58. The van der Waals surface area contributed by atoms with Crippen molar-refractivity contribution in [3.8, 4) is 11.4 Å². The van der Waals surface area contributed by atoms with E-state index in [0.717, 1.165) is 6.33 Å². The topological polar surface area (TPSA) is 98.1 Å². The maximum Gasteiger partial charge on any atom is 0.408 e. The fraction of sp³-hybridized carbons (Fsp3) is 0.474. The van der Waals surface area contributed by atoms with Crippen molar-refractivity contribution in [3.05, 3.63) is 35.1 Å². The highest BCUT2D eigenvalue weighted by Crippen LogP contribution is 2.31. The average molecular weight is 498 g/mol. The number of halogens is 6. The number of benzene rings is 1. The number of amides is 2. The van der Waals surface area contributed by atoms with Gasteiger partial charge in [0.05, 0.1) is 11.1 Å². The van der Waals surface area contributed by atoms with E-state index < -0.39 is 49.3 Å². The Hall–Kier alpha value is -2.96. The lowest BCUT2D eigenvalue weighted by molar-refractivity contribution is -0.153. The van der Waals surface area contributed by atoms with Crippen molar-refractivity contribution in [2.75, 3.05) is 6.54 Å². The van der Waals surface area contributed by atoms with Gasteiger partial charge in [0.2, 0.25) is 5.91 Å². The normalized spacial score (nSPS) is 13.0. The third-order valence-electron chi connectivity index (χ3n) is 3.95. The van der Waals surface area contributed by atoms with Crippen LogP contribution in [0.1, 0.15) is 45.3 Å². The van der Waals surface area contributed by atoms with Crippen LogP contribution in [0, 0.1) is 0 Å². The molecule has 33 heavy (non-hydrogen) atoms. The van der Waals surface area contributed by atoms with Crippen LogP contribution in [0.15, 0.2) is 24.5 Å². The number of hydrogen-bond donors (Lipinski definition) is 2. The highest BCUT2D eigenvalue weighted by atomic mass is 35.5. The van der Waals surface area contributed by atoms with E-state index in [1.165, 1.54) is 18.2 Å². The zero-order valence-electron chi connectivity index (χ0n) is 17.7. The summed E-state index contributed by atoms with van der Waals surface area (Å²) in [7, 11) is 0. The summed E-state index contributed by atoms with van der Waals surface area (Å²) in [5, 5.41) is 8.00. The molecule has 0 saturated heterocycles. The Labute approximate surface area is 190 Å². The van der Waals surface area contributed by atoms with Gasteiger partial charge in [-0.15, -0.1) is 0 Å². The van der Waals surface area contributed by atoms with Crippen molar-refractivity contribution in [3.63, 3.8) is 0 Å². The Morgan fingerprint density at radius 3 is 2.45 bits per heavy atom. The molecular formula is C19H21ClF5N5O3. The Morgan fingerprint density at radius 2 is 1.88 bits per heavy atom. The summed E-state index contributed by atoms with van der Waals surface area (Å²) in [6.07, 6.45) is -6.44. The zero-order chi connectivity index (χ0) is 25.0. The molecule has 1 heterocycles. The van der Waals surface area contributed by atoms with Crippen LogP contribution in [0.3, 0.4) is 0 Å². The fourth-order valence-corrected chi connectivity index (χ4v) is 2.88. The minimum Gasteiger partial charge on any atom is -0.444 e. The number of alkyl carbamates (subject to hydrolysis) is 1. The van der Waals surface area contributed by atoms with Gasteiger partial charge in [-0.25, -0.2) is 9.78 Å². The molecule has 0 aliphatic rings. The highest BCUT2D eigenvalue weighted by molar-refractivity contribution is 6.33. The van der Waals surface area contributed by atoms with Gasteiger partial charge < -0.3 is 15.4 Å². The van der Waals surface area contributed by atoms with Gasteiger partial charge in [0.15, 0.2) is 5.82 Å². The van der Waals surface area contributed by atoms with Crippen LogP contribution in [0.2, 0.25) is 5.02 Å². The minimum absolute atomic E-state index is 0.0320. The molecule has 8 nitrogen and oxygen atoms in total. The first-order chi connectivity index (χ1) is 15.2. The second-order valence-electron chi connectivity index (χ2n) is 7.84. The summed E-state index contributed by atoms with van der Waals surface area (Å²) in [6.45, 7) is 1.34. The highest BCUT2D eigenvalue weighted by Gasteiger charge is 2.31. The van der Waals surface area contributed by atoms with Crippen molar-refractivity contribution in [2.24, 2.45) is 0 Å². The molecule has 0 bridgehead atoms. The van der Waals surface area contributed by atoms with Crippen LogP contribution < -0.4 is 10.6 Å². The third kappa shape index (κ3) is 8.15. The molecular weight excluding hydrogens is 477 g/mol. The van der Waals surface area contributed by atoms with E-state index in [1.54, 1.807) is 20.8 Å². The second-order valence-corrected chi connectivity index (χ2v) is 8.25. The zero-order valence-corrected chi connectivity index (χ0v) is 18.5. The van der Waals surface area contributed by atoms with Crippen LogP contribution in [-0.2, 0) is 9.53 Å². The molecule has 1 aromatic heterocycles. The lowest BCUT2D eigenvalue weighted by atomic mass is 10.0. The van der Waals surface area contributed by atoms with E-state index in [1.807, 2.05) is 0 Å². The van der Waals surface area contributed by atoms with Crippen LogP contribution in [0.4, 0.5) is 26.7 Å². The van der Waals surface area contributed by atoms with Gasteiger partial charge in [-0.2, -0.15) is 31.7 Å². The summed E-state index contributed by atoms with van der Waals surface area (Å²) in [4.78, 5) is 27.7. The summed E-state index contributed by atoms with van der Waals surface area (Å²) >= 11 is 6.13. The van der Waals surface area contributed by atoms with Crippen LogP contribution in [0.5, 0.6) is 0 Å². The Morgan fingerprint density at radius 1 is 1.21 bits per heavy atom. The van der Waals surface area contributed by atoms with Gasteiger partial charge in [0.25, 0.3) is 0 Å². The minimum atomic E-state index is -4.72. The number of hydrogen-bond acceptors (Lipinski definition) is 5. The fourth-order valence-electron chi connectivity index (χ4n) is 2.68. The molecule has 2 amide bonds. The molecule has 0 aliphatic carbocycles. The first-order valence-electron chi connectivity index (χ1n) is 9.46. The maximum atomic E-state index is 13.2. The van der Waals surface area contributed by atoms with Crippen LogP contribution >= 0.6 is 11.6 Å². The average Bonchev–Trinajstić information content (AvgIpc) is 3.12. The number of rotatable bonds is 7. The van der Waals surface area contributed by atoms with Gasteiger partial charge in [0.1, 0.15) is 18.3 Å². The first kappa shape index (κ1) is 26.3. The molecule has 2 N–H and O–H groups in total. The lowest BCUT2D eigenvalue weighted by Gasteiger charge is -2.24. The Kier molecular flexibility index (Phi) is 8.22. The Bertz CT molecular complexity index is 991. The second kappa shape index (κ2) is 10.3. The number of nitrogens with one attached hydrogen (secondary N) is 2. The van der Waals surface area contributed by atoms with Crippen molar-refractivity contribution in [1.82, 2.24) is 25.4 Å². The van der Waals surface area contributed by atoms with Crippen molar-refractivity contribution >= 4 is 23.6 Å².